The maximum atomic E-state index is 12.9. The molecule has 3 N–H and O–H groups in total. The normalized spacial score (nSPS) is 19.3. The largest absolute Gasteiger partial charge is 0.508 e. The number of benzene rings is 2. The number of aromatic hydroxyl groups is 2. The Balaban J connectivity index is 2.03. The number of hydrogen-bond donors (Lipinski definition) is 3. The molecule has 0 aliphatic carbocycles. The van der Waals surface area contributed by atoms with Gasteiger partial charge in [0.05, 0.1) is 12.7 Å². The summed E-state index contributed by atoms with van der Waals surface area (Å²) in [5.74, 6) is -0.582. The SMILES string of the molecule is CCC1=NN(C(=O)c2ccc(O)cc2O)[C@](O)(c2ccc(OC)cc2)C1. The third-order valence-electron chi connectivity index (χ3n) is 4.41. The lowest BCUT2D eigenvalue weighted by Gasteiger charge is -2.31. The van der Waals surface area contributed by atoms with E-state index < -0.39 is 11.6 Å². The highest BCUT2D eigenvalue weighted by Crippen LogP contribution is 2.38. The molecule has 7 heteroatoms. The fourth-order valence-electron chi connectivity index (χ4n) is 2.93. The number of carbonyl (C=O) groups excluding carboxylic acids is 1. The molecule has 0 unspecified atom stereocenters. The molecule has 0 spiro atoms. The van der Waals surface area contributed by atoms with Crippen LogP contribution in [0.15, 0.2) is 47.6 Å². The van der Waals surface area contributed by atoms with Crippen LogP contribution < -0.4 is 4.74 Å². The van der Waals surface area contributed by atoms with Gasteiger partial charge in [-0.2, -0.15) is 10.1 Å². The highest BCUT2D eigenvalue weighted by atomic mass is 16.5. The van der Waals surface area contributed by atoms with Gasteiger partial charge in [0.2, 0.25) is 0 Å². The Morgan fingerprint density at radius 1 is 1.23 bits per heavy atom. The third-order valence-corrected chi connectivity index (χ3v) is 4.41. The monoisotopic (exact) mass is 356 g/mol. The number of phenolic OH excluding ortho intramolecular Hbond substituents is 2. The van der Waals surface area contributed by atoms with Crippen LogP contribution in [-0.4, -0.2) is 39.1 Å². The number of hydrogen-bond acceptors (Lipinski definition) is 6. The Labute approximate surface area is 150 Å². The highest BCUT2D eigenvalue weighted by Gasteiger charge is 2.46. The summed E-state index contributed by atoms with van der Waals surface area (Å²) in [6.07, 6.45) is 0.740. The van der Waals surface area contributed by atoms with Gasteiger partial charge in [-0.3, -0.25) is 4.79 Å². The van der Waals surface area contributed by atoms with Crippen molar-refractivity contribution in [3.8, 4) is 17.2 Å². The predicted molar refractivity (Wildman–Crippen MR) is 95.2 cm³/mol. The summed E-state index contributed by atoms with van der Waals surface area (Å²) in [4.78, 5) is 12.9. The van der Waals surface area contributed by atoms with Crippen molar-refractivity contribution in [2.45, 2.75) is 25.5 Å². The zero-order chi connectivity index (χ0) is 18.9. The van der Waals surface area contributed by atoms with Crippen molar-refractivity contribution in [2.75, 3.05) is 7.11 Å². The molecule has 2 aromatic carbocycles. The number of ether oxygens (including phenoxy) is 1. The standard InChI is InChI=1S/C19H20N2O5/c1-3-13-11-19(25,12-4-7-15(26-2)8-5-12)21(20-13)18(24)16-9-6-14(22)10-17(16)23/h4-10,22-23,25H,3,11H2,1-2H3/t19-/m1/s1. The first-order chi connectivity index (χ1) is 12.4. The van der Waals surface area contributed by atoms with E-state index in [0.29, 0.717) is 23.4 Å². The topological polar surface area (TPSA) is 103 Å². The average molecular weight is 356 g/mol. The number of rotatable bonds is 4. The summed E-state index contributed by atoms with van der Waals surface area (Å²) in [6, 6.07) is 10.4. The molecular formula is C19H20N2O5. The van der Waals surface area contributed by atoms with Crippen LogP contribution in [-0.2, 0) is 5.72 Å². The Morgan fingerprint density at radius 2 is 1.92 bits per heavy atom. The molecule has 1 aliphatic rings. The minimum atomic E-state index is -1.67. The third kappa shape index (κ3) is 2.97. The lowest BCUT2D eigenvalue weighted by molar-refractivity contribution is -0.0766. The second-order valence-corrected chi connectivity index (χ2v) is 6.06. The Bertz CT molecular complexity index is 863. The molecule has 0 saturated heterocycles. The smallest absolute Gasteiger partial charge is 0.280 e. The van der Waals surface area contributed by atoms with Crippen LogP contribution in [0.3, 0.4) is 0 Å². The maximum Gasteiger partial charge on any atom is 0.280 e. The van der Waals surface area contributed by atoms with Crippen molar-refractivity contribution in [3.05, 3.63) is 53.6 Å². The number of amides is 1. The number of methoxy groups -OCH3 is 1. The van der Waals surface area contributed by atoms with Gasteiger partial charge in [-0.1, -0.05) is 19.1 Å². The summed E-state index contributed by atoms with van der Waals surface area (Å²) >= 11 is 0. The quantitative estimate of drug-likeness (QED) is 0.781. The first-order valence-electron chi connectivity index (χ1n) is 8.19. The van der Waals surface area contributed by atoms with Gasteiger partial charge in [-0.15, -0.1) is 0 Å². The van der Waals surface area contributed by atoms with Crippen LogP contribution in [0.2, 0.25) is 0 Å². The van der Waals surface area contributed by atoms with E-state index in [-0.39, 0.29) is 23.5 Å². The molecule has 1 amide bonds. The van der Waals surface area contributed by atoms with E-state index in [1.807, 2.05) is 6.92 Å². The second kappa shape index (κ2) is 6.68. The van der Waals surface area contributed by atoms with Gasteiger partial charge in [-0.05, 0) is 30.7 Å². The molecule has 136 valence electrons. The molecular weight excluding hydrogens is 336 g/mol. The van der Waals surface area contributed by atoms with Gasteiger partial charge in [0, 0.05) is 23.8 Å². The number of carbonyl (C=O) groups is 1. The maximum absolute atomic E-state index is 12.9. The van der Waals surface area contributed by atoms with Crippen LogP contribution in [0.4, 0.5) is 0 Å². The van der Waals surface area contributed by atoms with E-state index in [1.54, 1.807) is 31.4 Å². The van der Waals surface area contributed by atoms with Crippen LogP contribution in [0.1, 0.15) is 35.7 Å². The zero-order valence-electron chi connectivity index (χ0n) is 14.5. The number of phenols is 2. The number of hydrazone groups is 1. The van der Waals surface area contributed by atoms with Crippen LogP contribution in [0, 0.1) is 0 Å². The fraction of sp³-hybridized carbons (Fsp3) is 0.263. The fourth-order valence-corrected chi connectivity index (χ4v) is 2.93. The van der Waals surface area contributed by atoms with Gasteiger partial charge < -0.3 is 20.1 Å². The molecule has 1 atom stereocenters. The molecule has 26 heavy (non-hydrogen) atoms. The summed E-state index contributed by atoms with van der Waals surface area (Å²) < 4.78 is 5.13. The summed E-state index contributed by atoms with van der Waals surface area (Å²) in [7, 11) is 1.54. The lowest BCUT2D eigenvalue weighted by atomic mass is 9.96. The highest BCUT2D eigenvalue weighted by molar-refractivity contribution is 6.00. The summed E-state index contributed by atoms with van der Waals surface area (Å²) in [5, 5.41) is 36.0. The van der Waals surface area contributed by atoms with Gasteiger partial charge in [0.25, 0.3) is 5.91 Å². The van der Waals surface area contributed by atoms with E-state index in [1.165, 1.54) is 12.1 Å². The van der Waals surface area contributed by atoms with Crippen LogP contribution in [0.5, 0.6) is 17.2 Å². The predicted octanol–water partition coefficient (Wildman–Crippen LogP) is 2.56. The van der Waals surface area contributed by atoms with Gasteiger partial charge in [0.1, 0.15) is 17.2 Å². The molecule has 0 saturated carbocycles. The number of aliphatic hydroxyl groups is 1. The van der Waals surface area contributed by atoms with E-state index in [2.05, 4.69) is 5.10 Å². The Morgan fingerprint density at radius 3 is 2.50 bits per heavy atom. The Kier molecular flexibility index (Phi) is 4.56. The Hall–Kier alpha value is -3.06. The molecule has 0 fully saturated rings. The molecule has 0 radical (unpaired) electrons. The molecule has 0 bridgehead atoms. The summed E-state index contributed by atoms with van der Waals surface area (Å²) in [5.41, 5.74) is -0.582. The lowest BCUT2D eigenvalue weighted by Crippen LogP contribution is -2.43. The van der Waals surface area contributed by atoms with Crippen molar-refractivity contribution in [1.29, 1.82) is 0 Å². The molecule has 7 nitrogen and oxygen atoms in total. The van der Waals surface area contributed by atoms with Gasteiger partial charge in [0.15, 0.2) is 5.72 Å². The second-order valence-electron chi connectivity index (χ2n) is 6.06. The van der Waals surface area contributed by atoms with Crippen LogP contribution >= 0.6 is 0 Å². The summed E-state index contributed by atoms with van der Waals surface area (Å²) in [6.45, 7) is 1.89. The van der Waals surface area contributed by atoms with Gasteiger partial charge >= 0.3 is 0 Å². The van der Waals surface area contributed by atoms with Crippen molar-refractivity contribution in [1.82, 2.24) is 5.01 Å². The molecule has 1 aliphatic heterocycles. The first kappa shape index (κ1) is 17.8. The van der Waals surface area contributed by atoms with E-state index in [0.717, 1.165) is 11.1 Å². The van der Waals surface area contributed by atoms with E-state index in [4.69, 9.17) is 4.74 Å². The van der Waals surface area contributed by atoms with Crippen LogP contribution in [0.25, 0.3) is 0 Å². The first-order valence-corrected chi connectivity index (χ1v) is 8.19. The van der Waals surface area contributed by atoms with Crippen molar-refractivity contribution in [2.24, 2.45) is 5.10 Å². The van der Waals surface area contributed by atoms with Gasteiger partial charge in [-0.25, -0.2) is 0 Å². The minimum absolute atomic E-state index is 0.0594. The number of nitrogens with zero attached hydrogens (tertiary/aromatic N) is 2. The van der Waals surface area contributed by atoms with Crippen molar-refractivity contribution in [3.63, 3.8) is 0 Å². The molecule has 3 rings (SSSR count). The molecule has 0 aromatic heterocycles. The van der Waals surface area contributed by atoms with Crippen molar-refractivity contribution < 1.29 is 24.9 Å². The minimum Gasteiger partial charge on any atom is -0.508 e. The molecule has 1 heterocycles. The zero-order valence-corrected chi connectivity index (χ0v) is 14.5. The molecule has 2 aromatic rings. The van der Waals surface area contributed by atoms with E-state index in [9.17, 15) is 20.1 Å². The average Bonchev–Trinajstić information content (AvgIpc) is 2.99. The van der Waals surface area contributed by atoms with Crippen molar-refractivity contribution >= 4 is 11.6 Å². The van der Waals surface area contributed by atoms with E-state index >= 15 is 0 Å².